The van der Waals surface area contributed by atoms with E-state index in [1.807, 2.05) is 11.8 Å². The number of benzene rings is 4. The standard InChI is InChI=1S/C15H8BrS.C15H10Br.2ClH.Zr/c16-14-8-13-10-4-5-12(13)9-2-1-3-11(6-9)17-15(14)7-10;16-13-8-6-12-7-9-14(15(12)10-13)11-4-2-1-3-5-11;;;/h1-4,6-8,12H;1-8,10,14H;2*1H;/q;;;;+2/p-2. The Hall–Kier alpha value is -0.867. The smallest absolute Gasteiger partial charge is 1.00 e. The number of allylic oxidation sites excluding steroid dienone is 2. The van der Waals surface area contributed by atoms with Gasteiger partial charge in [-0.3, -0.25) is 0 Å². The van der Waals surface area contributed by atoms with Crippen molar-refractivity contribution in [2.24, 2.45) is 0 Å². The fourth-order valence-electron chi connectivity index (χ4n) is 5.43. The van der Waals surface area contributed by atoms with E-state index >= 15 is 0 Å². The van der Waals surface area contributed by atoms with Crippen LogP contribution in [0.25, 0.3) is 12.2 Å². The molecule has 0 aromatic heterocycles. The van der Waals surface area contributed by atoms with Crippen molar-refractivity contribution in [2.45, 2.75) is 21.6 Å². The van der Waals surface area contributed by atoms with E-state index in [-0.39, 0.29) is 24.8 Å². The van der Waals surface area contributed by atoms with E-state index in [1.165, 1.54) is 47.6 Å². The summed E-state index contributed by atoms with van der Waals surface area (Å²) in [7, 11) is 0. The van der Waals surface area contributed by atoms with Crippen LogP contribution >= 0.6 is 43.6 Å². The number of halogens is 4. The van der Waals surface area contributed by atoms with Crippen LogP contribution in [0.15, 0.2) is 110 Å². The van der Waals surface area contributed by atoms with Gasteiger partial charge in [-0.1, -0.05) is 0 Å². The average Bonchev–Trinajstić information content (AvgIpc) is 3.38. The molecule has 2 atom stereocenters. The monoisotopic (exact) mass is 728 g/mol. The summed E-state index contributed by atoms with van der Waals surface area (Å²) in [6, 6.07) is 31.8. The molecule has 6 heteroatoms. The van der Waals surface area contributed by atoms with Crippen LogP contribution in [-0.4, -0.2) is 0 Å². The van der Waals surface area contributed by atoms with Gasteiger partial charge in [0, 0.05) is 0 Å². The Morgan fingerprint density at radius 2 is 1.33 bits per heavy atom. The fourth-order valence-corrected chi connectivity index (χ4v) is 11.6. The molecule has 2 heterocycles. The molecular formula is C30H18Br2Cl2SZr. The van der Waals surface area contributed by atoms with Gasteiger partial charge >= 0.3 is 234 Å². The molecule has 0 nitrogen and oxygen atoms in total. The van der Waals surface area contributed by atoms with E-state index in [9.17, 15) is 0 Å². The van der Waals surface area contributed by atoms with Gasteiger partial charge in [0.1, 0.15) is 0 Å². The van der Waals surface area contributed by atoms with Gasteiger partial charge < -0.3 is 24.8 Å². The van der Waals surface area contributed by atoms with Gasteiger partial charge in [0.15, 0.2) is 0 Å². The molecule has 0 amide bonds. The Labute approximate surface area is 256 Å². The number of hydrogen-bond donors (Lipinski definition) is 0. The quantitative estimate of drug-likeness (QED) is 0.312. The van der Waals surface area contributed by atoms with Gasteiger partial charge in [-0.2, -0.15) is 0 Å². The molecule has 2 aliphatic heterocycles. The topological polar surface area (TPSA) is 0 Å². The molecule has 4 aromatic rings. The summed E-state index contributed by atoms with van der Waals surface area (Å²) in [6.07, 6.45) is 5.04. The number of rotatable bonds is 3. The molecule has 2 aliphatic carbocycles. The Morgan fingerprint density at radius 3 is 2.14 bits per heavy atom. The molecule has 0 saturated heterocycles. The van der Waals surface area contributed by atoms with Crippen LogP contribution in [0.5, 0.6) is 0 Å². The summed E-state index contributed by atoms with van der Waals surface area (Å²) in [5, 5.41) is 0. The van der Waals surface area contributed by atoms with E-state index in [0.717, 1.165) is 4.47 Å². The SMILES string of the molecule is Brc1ccc2c(c1)C(c1ccccc1)[C]([Zr+2][C]1=Cc3cc4c(Br)cc3C1c1cccc(c1)S4)=C2.[Cl-].[Cl-]. The zero-order valence-electron chi connectivity index (χ0n) is 18.8. The van der Waals surface area contributed by atoms with Crippen LogP contribution in [0.1, 0.15) is 45.2 Å². The minimum atomic E-state index is -1.05. The van der Waals surface area contributed by atoms with Crippen molar-refractivity contribution in [1.82, 2.24) is 0 Å². The maximum atomic E-state index is 3.86. The zero-order valence-corrected chi connectivity index (χ0v) is 26.8. The molecule has 0 fully saturated rings. The van der Waals surface area contributed by atoms with Crippen molar-refractivity contribution in [1.29, 1.82) is 0 Å². The van der Waals surface area contributed by atoms with Crippen LogP contribution < -0.4 is 24.8 Å². The van der Waals surface area contributed by atoms with Crippen LogP contribution in [0.2, 0.25) is 0 Å². The molecule has 8 rings (SSSR count). The normalized spacial score (nSPS) is 17.9. The van der Waals surface area contributed by atoms with Crippen LogP contribution in [0, 0.1) is 0 Å². The first kappa shape index (κ1) is 26.7. The summed E-state index contributed by atoms with van der Waals surface area (Å²) < 4.78 is 5.68. The van der Waals surface area contributed by atoms with Crippen molar-refractivity contribution in [3.63, 3.8) is 0 Å². The first-order chi connectivity index (χ1) is 16.6. The molecular weight excluding hydrogens is 714 g/mol. The van der Waals surface area contributed by atoms with Crippen molar-refractivity contribution >= 4 is 55.8 Å². The van der Waals surface area contributed by atoms with Crippen molar-refractivity contribution in [2.75, 3.05) is 0 Å². The Bertz CT molecular complexity index is 1550. The van der Waals surface area contributed by atoms with Gasteiger partial charge in [-0.25, -0.2) is 0 Å². The maximum absolute atomic E-state index is 3.86. The maximum Gasteiger partial charge on any atom is -1.00 e. The van der Waals surface area contributed by atoms with Gasteiger partial charge in [-0.15, -0.1) is 0 Å². The largest absolute Gasteiger partial charge is 1.00 e. The van der Waals surface area contributed by atoms with E-state index in [2.05, 4.69) is 129 Å². The molecule has 0 saturated carbocycles. The van der Waals surface area contributed by atoms with E-state index in [0.29, 0.717) is 11.8 Å². The summed E-state index contributed by atoms with van der Waals surface area (Å²) in [5.41, 5.74) is 8.53. The van der Waals surface area contributed by atoms with Gasteiger partial charge in [0.25, 0.3) is 0 Å². The second kappa shape index (κ2) is 10.7. The third kappa shape index (κ3) is 4.61. The predicted molar refractivity (Wildman–Crippen MR) is 145 cm³/mol. The Kier molecular flexibility index (Phi) is 7.96. The Morgan fingerprint density at radius 1 is 0.639 bits per heavy atom. The molecule has 0 spiro atoms. The molecule has 0 radical (unpaired) electrons. The Balaban J connectivity index is 0.00000133. The summed E-state index contributed by atoms with van der Waals surface area (Å²) >= 11 is 8.40. The number of fused-ring (bicyclic) bond motifs is 2. The molecule has 176 valence electrons. The van der Waals surface area contributed by atoms with Crippen molar-refractivity contribution in [3.05, 3.63) is 134 Å². The molecule has 36 heavy (non-hydrogen) atoms. The van der Waals surface area contributed by atoms with Crippen molar-refractivity contribution in [3.8, 4) is 0 Å². The van der Waals surface area contributed by atoms with Gasteiger partial charge in [0.2, 0.25) is 0 Å². The third-order valence-corrected chi connectivity index (χ3v) is 12.9. The molecule has 4 aromatic carbocycles. The second-order valence-electron chi connectivity index (χ2n) is 8.96. The first-order valence-electron chi connectivity index (χ1n) is 11.3. The fraction of sp³-hybridized carbons (Fsp3) is 0.0667. The van der Waals surface area contributed by atoms with Crippen molar-refractivity contribution < 1.29 is 48.0 Å². The number of hydrogen-bond acceptors (Lipinski definition) is 1. The van der Waals surface area contributed by atoms with Crippen LogP contribution in [-0.2, 0) is 23.2 Å². The zero-order chi connectivity index (χ0) is 22.8. The third-order valence-electron chi connectivity index (χ3n) is 6.89. The molecule has 2 unspecified atom stereocenters. The van der Waals surface area contributed by atoms with Crippen LogP contribution in [0.4, 0.5) is 0 Å². The summed E-state index contributed by atoms with van der Waals surface area (Å²) in [6.45, 7) is 0. The first-order valence-corrected chi connectivity index (χ1v) is 16.2. The second-order valence-corrected chi connectivity index (χ2v) is 15.3. The van der Waals surface area contributed by atoms with E-state index in [1.54, 1.807) is 6.56 Å². The van der Waals surface area contributed by atoms with E-state index < -0.39 is 23.2 Å². The van der Waals surface area contributed by atoms with Crippen LogP contribution in [0.3, 0.4) is 0 Å². The average molecular weight is 732 g/mol. The van der Waals surface area contributed by atoms with Gasteiger partial charge in [0.05, 0.1) is 0 Å². The molecule has 6 bridgehead atoms. The van der Waals surface area contributed by atoms with Gasteiger partial charge in [-0.05, 0) is 0 Å². The molecule has 4 aliphatic rings. The summed E-state index contributed by atoms with van der Waals surface area (Å²) in [4.78, 5) is 2.63. The predicted octanol–water partition coefficient (Wildman–Crippen LogP) is 3.44. The molecule has 0 N–H and O–H groups in total. The minimum absolute atomic E-state index is 0. The minimum Gasteiger partial charge on any atom is -1.00 e. The summed E-state index contributed by atoms with van der Waals surface area (Å²) in [5.74, 6) is 0.737. The van der Waals surface area contributed by atoms with E-state index in [4.69, 9.17) is 0 Å².